The van der Waals surface area contributed by atoms with Crippen molar-refractivity contribution in [1.82, 2.24) is 78.9 Å². The summed E-state index contributed by atoms with van der Waals surface area (Å²) in [5, 5.41) is 52.0. The lowest BCUT2D eigenvalue weighted by molar-refractivity contribution is -0.146. The quantitative estimate of drug-likeness (QED) is 0.0118. The monoisotopic (exact) mass is 1700 g/mol. The molecule has 0 bridgehead atoms. The number of nitrogens with two attached hydrogens (primary N) is 7. The number of likely N-dealkylation sites (tertiary alicyclic amines) is 1. The molecule has 0 aromatic rings. The number of primary amides is 1. The summed E-state index contributed by atoms with van der Waals surface area (Å²) in [6, 6.07) is -19.6. The van der Waals surface area contributed by atoms with Gasteiger partial charge >= 0.3 is 11.9 Å². The Kier molecular flexibility index (Phi) is 44.0. The van der Waals surface area contributed by atoms with Gasteiger partial charge in [-0.2, -0.15) is 11.8 Å². The Morgan fingerprint density at radius 3 is 1.70 bits per heavy atom. The number of hydrogen-bond donors (Lipinski definition) is 22. The predicted octanol–water partition coefficient (Wildman–Crippen LogP) is -8.59. The van der Waals surface area contributed by atoms with Crippen LogP contribution < -0.4 is 109 Å². The minimum Gasteiger partial charge on any atom is -0.481 e. The number of aliphatic imine (C=N–C) groups is 3. The zero-order chi connectivity index (χ0) is 87.1. The Balaban J connectivity index is 2.27. The van der Waals surface area contributed by atoms with Crippen molar-refractivity contribution >= 4 is 158 Å². The average molecular weight is 1700 g/mol. The molecule has 3 aliphatic rings. The largest absolute Gasteiger partial charge is 0.481 e. The summed E-state index contributed by atoms with van der Waals surface area (Å²) in [6.45, 7) is 7.15. The number of nitrogens with one attached hydrogen (secondary N) is 13. The number of carbonyl (C=O) groups is 18. The molecule has 0 spiro atoms. The maximum Gasteiger partial charge on any atom is 0.305 e. The highest BCUT2D eigenvalue weighted by atomic mass is 33.1. The Labute approximate surface area is 682 Å². The van der Waals surface area contributed by atoms with Crippen LogP contribution in [0.15, 0.2) is 15.0 Å². The van der Waals surface area contributed by atoms with Crippen LogP contribution in [0, 0.1) is 11.8 Å². The highest BCUT2D eigenvalue weighted by Gasteiger charge is 2.43. The first kappa shape index (κ1) is 99.5. The van der Waals surface area contributed by atoms with Crippen LogP contribution in [0.5, 0.6) is 0 Å². The Bertz CT molecular complexity index is 3550. The second kappa shape index (κ2) is 51.3. The standard InChI is InChI=1S/C68H115N25O20S3/c1-33(2)25-41(83-49(95)29-79-54(102)35(5)81-57(105)43(27-51(97)98)82-36(6)94)58(106)91-46-32-116-115-31-45(60(108)90-44(28-52(99)100)65(113)93-23-12-16-47(93)62(110)85-37(53(69)101)13-8-19-76-66(70)71)84-50(96)30-80-55(103)38(14-9-20-77-67(72)73)86-59(107)42(26-34(3)4)89-56(104)39(15-10-21-78-68(74)75)87-63(111)48-17-11-22-92(48)64(112)40(18-24-114-7)88-61(46)109/h33-35,37-48H,8-32H2,1-7H3,(H2,69,101)(H,79,102)(H,80,103)(H,81,105)(H,82,94)(H,83,95)(H,84,96)(H,85,110)(H,86,107)(H,87,111)(H,88,109)(H,89,104)(H,90,108)(H,91,106)(H,97,98)(H,99,100)(H4,70,71,76)(H4,72,73,77)(H4,74,75,78)/t35-,37-,38-,39-,40-,41-,42-,43-,44-,45-,46-,47-,48-/m0/s1. The summed E-state index contributed by atoms with van der Waals surface area (Å²) in [7, 11) is 1.54. The molecule has 650 valence electrons. The van der Waals surface area contributed by atoms with Crippen molar-refractivity contribution in [1.29, 1.82) is 0 Å². The van der Waals surface area contributed by atoms with Crippen molar-refractivity contribution in [2.24, 2.45) is 66.9 Å². The molecule has 16 amide bonds. The Morgan fingerprint density at radius 2 is 1.12 bits per heavy atom. The third-order valence-electron chi connectivity index (χ3n) is 17.9. The number of carboxylic acids is 2. The van der Waals surface area contributed by atoms with Crippen molar-refractivity contribution in [2.45, 2.75) is 216 Å². The van der Waals surface area contributed by atoms with Gasteiger partial charge in [-0.05, 0) is 114 Å². The van der Waals surface area contributed by atoms with Crippen molar-refractivity contribution in [3.05, 3.63) is 0 Å². The number of amides is 16. The SMILES string of the molecule is CSCC[C@@H]1NC(=O)[C@@H](NC(=O)[C@H](CC(C)C)NC(=O)CNC(=O)[C@H](C)NC(=O)[C@H](CC(=O)O)NC(C)=O)CSSC[C@@H](C(=O)N[C@@H](CC(=O)O)C(=O)N2CCC[C@H]2C(=O)N[C@@H](CCCN=C(N)N)C(N)=O)NC(=O)CNC(=O)[C@H](CCCN=C(N)N)NC(=O)[C@H](CC(C)C)NC(=O)[C@H](CCCN=C(N)N)NC(=O)[C@@H]2CCCN2C1=O. The van der Waals surface area contributed by atoms with E-state index in [1.54, 1.807) is 34.0 Å². The van der Waals surface area contributed by atoms with Gasteiger partial charge in [0.2, 0.25) is 94.5 Å². The van der Waals surface area contributed by atoms with Gasteiger partial charge in [-0.1, -0.05) is 49.3 Å². The molecule has 13 atom stereocenters. The number of hydrogen-bond acceptors (Lipinski definition) is 24. The number of fused-ring (bicyclic) bond motifs is 1. The summed E-state index contributed by atoms with van der Waals surface area (Å²) in [5.41, 5.74) is 38.8. The number of thioether (sulfide) groups is 1. The van der Waals surface area contributed by atoms with E-state index in [9.17, 15) is 86.9 Å². The van der Waals surface area contributed by atoms with Gasteiger partial charge in [-0.15, -0.1) is 0 Å². The number of guanidine groups is 3. The van der Waals surface area contributed by atoms with Crippen molar-refractivity contribution < 1.29 is 96.5 Å². The van der Waals surface area contributed by atoms with Crippen molar-refractivity contribution in [3.63, 3.8) is 0 Å². The van der Waals surface area contributed by atoms with Crippen molar-refractivity contribution in [3.8, 4) is 0 Å². The van der Waals surface area contributed by atoms with E-state index in [-0.39, 0.29) is 152 Å². The van der Waals surface area contributed by atoms with Crippen molar-refractivity contribution in [2.75, 3.05) is 69.3 Å². The first-order chi connectivity index (χ1) is 54.6. The van der Waals surface area contributed by atoms with Gasteiger partial charge in [-0.25, -0.2) is 0 Å². The van der Waals surface area contributed by atoms with Crippen LogP contribution in [-0.2, 0) is 86.3 Å². The molecule has 0 aromatic heterocycles. The number of aliphatic carboxylic acids is 2. The number of carbonyl (C=O) groups excluding carboxylic acids is 16. The predicted molar refractivity (Wildman–Crippen MR) is 428 cm³/mol. The van der Waals surface area contributed by atoms with E-state index in [1.807, 2.05) is 0 Å². The topological polar surface area (TPSA) is 730 Å². The lowest BCUT2D eigenvalue weighted by Crippen LogP contribution is -2.60. The Hall–Kier alpha value is -10.7. The molecule has 0 aliphatic carbocycles. The van der Waals surface area contributed by atoms with Crippen LogP contribution in [-0.4, -0.2) is 292 Å². The number of rotatable bonds is 38. The molecule has 3 rings (SSSR count). The van der Waals surface area contributed by atoms with Crippen LogP contribution >= 0.6 is 33.3 Å². The minimum absolute atomic E-state index is 0.00956. The molecule has 45 nitrogen and oxygen atoms in total. The third kappa shape index (κ3) is 36.9. The lowest BCUT2D eigenvalue weighted by atomic mass is 10.0. The fourth-order valence-electron chi connectivity index (χ4n) is 12.2. The summed E-state index contributed by atoms with van der Waals surface area (Å²) in [6.07, 6.45) is 0.0274. The second-order valence-electron chi connectivity index (χ2n) is 28.5. The van der Waals surface area contributed by atoms with Gasteiger partial charge in [0.15, 0.2) is 17.9 Å². The van der Waals surface area contributed by atoms with E-state index < -0.39 is 222 Å². The summed E-state index contributed by atoms with van der Waals surface area (Å²) < 4.78 is 0. The Morgan fingerprint density at radius 1 is 0.569 bits per heavy atom. The summed E-state index contributed by atoms with van der Waals surface area (Å²) >= 11 is 1.29. The molecule has 0 saturated carbocycles. The van der Waals surface area contributed by atoms with Crippen LogP contribution in [0.4, 0.5) is 0 Å². The third-order valence-corrected chi connectivity index (χ3v) is 20.9. The smallest absolute Gasteiger partial charge is 0.305 e. The molecule has 3 heterocycles. The lowest BCUT2D eigenvalue weighted by Gasteiger charge is -2.31. The molecular weight excluding hydrogens is 1580 g/mol. The van der Waals surface area contributed by atoms with Gasteiger partial charge in [0, 0.05) is 51.2 Å². The number of carboxylic acid groups (broad SMARTS) is 2. The van der Waals surface area contributed by atoms with Gasteiger partial charge in [0.05, 0.1) is 25.9 Å². The van der Waals surface area contributed by atoms with Gasteiger partial charge in [0.25, 0.3) is 0 Å². The molecule has 3 saturated heterocycles. The fourth-order valence-corrected chi connectivity index (χ4v) is 15.0. The first-order valence-corrected chi connectivity index (χ1v) is 41.6. The molecule has 48 heteroatoms. The number of nitrogens with zero attached hydrogens (tertiary/aromatic N) is 5. The highest BCUT2D eigenvalue weighted by Crippen LogP contribution is 2.26. The normalized spacial score (nSPS) is 21.4. The minimum atomic E-state index is -1.97. The molecular formula is C68H115N25O20S3. The zero-order valence-electron chi connectivity index (χ0n) is 66.1. The second-order valence-corrected chi connectivity index (χ2v) is 32.1. The van der Waals surface area contributed by atoms with E-state index in [4.69, 9.17) is 40.1 Å². The highest BCUT2D eigenvalue weighted by molar-refractivity contribution is 8.76. The van der Waals surface area contributed by atoms with Gasteiger partial charge in [-0.3, -0.25) is 101 Å². The van der Waals surface area contributed by atoms with Crippen LogP contribution in [0.1, 0.15) is 138 Å². The molecule has 29 N–H and O–H groups in total. The molecule has 3 fully saturated rings. The summed E-state index contributed by atoms with van der Waals surface area (Å²) in [4.78, 5) is 263. The van der Waals surface area contributed by atoms with Crippen LogP contribution in [0.3, 0.4) is 0 Å². The molecule has 0 aromatic carbocycles. The molecule has 0 radical (unpaired) electrons. The van der Waals surface area contributed by atoms with Gasteiger partial charge in [0.1, 0.15) is 78.5 Å². The van der Waals surface area contributed by atoms with E-state index in [2.05, 4.69) is 84.1 Å². The molecule has 116 heavy (non-hydrogen) atoms. The van der Waals surface area contributed by atoms with E-state index >= 15 is 9.59 Å². The van der Waals surface area contributed by atoms with E-state index in [1.165, 1.54) is 23.6 Å². The maximum absolute atomic E-state index is 15.1. The van der Waals surface area contributed by atoms with Crippen LogP contribution in [0.2, 0.25) is 0 Å². The average Bonchev–Trinajstić information content (AvgIpc) is 1.64. The van der Waals surface area contributed by atoms with E-state index in [0.29, 0.717) is 0 Å². The first-order valence-electron chi connectivity index (χ1n) is 37.7. The zero-order valence-corrected chi connectivity index (χ0v) is 68.5. The summed E-state index contributed by atoms with van der Waals surface area (Å²) in [5.74, 6) is -20.6. The van der Waals surface area contributed by atoms with E-state index in [0.717, 1.165) is 33.4 Å². The van der Waals surface area contributed by atoms with Crippen LogP contribution in [0.25, 0.3) is 0 Å². The van der Waals surface area contributed by atoms with Gasteiger partial charge < -0.3 is 129 Å². The molecule has 3 aliphatic heterocycles. The fraction of sp³-hybridized carbons (Fsp3) is 0.691. The maximum atomic E-state index is 15.1. The molecule has 0 unspecified atom stereocenters.